The fourth-order valence-corrected chi connectivity index (χ4v) is 4.27. The van der Waals surface area contributed by atoms with Gasteiger partial charge in [-0.25, -0.2) is 4.79 Å². The molecular formula is C25H29NO7. The molecule has 1 aromatic rings. The molecule has 1 amide bonds. The van der Waals surface area contributed by atoms with Gasteiger partial charge in [0.15, 0.2) is 0 Å². The molecule has 8 heteroatoms. The van der Waals surface area contributed by atoms with E-state index in [-0.39, 0.29) is 41.4 Å². The number of amides is 1. The van der Waals surface area contributed by atoms with Crippen molar-refractivity contribution < 1.29 is 33.4 Å². The highest BCUT2D eigenvalue weighted by Gasteiger charge is 2.35. The van der Waals surface area contributed by atoms with E-state index in [0.717, 1.165) is 17.5 Å². The summed E-state index contributed by atoms with van der Waals surface area (Å²) < 4.78 is 15.0. The molecular weight excluding hydrogens is 426 g/mol. The fraction of sp³-hybridized carbons (Fsp3) is 0.440. The van der Waals surface area contributed by atoms with Gasteiger partial charge in [0.25, 0.3) is 0 Å². The number of esters is 1. The summed E-state index contributed by atoms with van der Waals surface area (Å²) in [6.45, 7) is 2.18. The summed E-state index contributed by atoms with van der Waals surface area (Å²) in [5, 5.41) is 0. The molecule has 1 unspecified atom stereocenters. The van der Waals surface area contributed by atoms with Gasteiger partial charge in [-0.1, -0.05) is 24.3 Å². The van der Waals surface area contributed by atoms with E-state index in [9.17, 15) is 19.2 Å². The SMILES string of the molecule is COC(=O)C1CCCN1C(=O)CCc1ccc(CC2=C(C)C(=O)C(OC)=C(OC)C2=O)cc1. The Morgan fingerprint density at radius 1 is 0.970 bits per heavy atom. The average molecular weight is 456 g/mol. The highest BCUT2D eigenvalue weighted by Crippen LogP contribution is 2.28. The first kappa shape index (κ1) is 24.2. The number of ether oxygens (including phenoxy) is 3. The van der Waals surface area contributed by atoms with Gasteiger partial charge in [0, 0.05) is 30.5 Å². The summed E-state index contributed by atoms with van der Waals surface area (Å²) in [7, 11) is 4.01. The number of benzene rings is 1. The topological polar surface area (TPSA) is 99.2 Å². The van der Waals surface area contributed by atoms with Crippen LogP contribution >= 0.6 is 0 Å². The van der Waals surface area contributed by atoms with Crippen LogP contribution in [0, 0.1) is 0 Å². The Morgan fingerprint density at radius 2 is 1.58 bits per heavy atom. The Hall–Kier alpha value is -3.42. The van der Waals surface area contributed by atoms with E-state index in [0.29, 0.717) is 37.0 Å². The largest absolute Gasteiger partial charge is 0.489 e. The number of ketones is 2. The van der Waals surface area contributed by atoms with E-state index in [2.05, 4.69) is 0 Å². The van der Waals surface area contributed by atoms with E-state index in [1.807, 2.05) is 24.3 Å². The standard InChI is InChI=1S/C25H29NO7/c1-15-18(22(29)24(32-3)23(31-2)21(15)28)14-17-9-7-16(8-10-17)11-12-20(27)26-13-5-6-19(26)25(30)33-4/h7-10,19H,5-6,11-14H2,1-4H3. The van der Waals surface area contributed by atoms with E-state index in [4.69, 9.17) is 14.2 Å². The number of methoxy groups -OCH3 is 3. The summed E-state index contributed by atoms with van der Waals surface area (Å²) in [6.07, 6.45) is 2.55. The lowest BCUT2D eigenvalue weighted by molar-refractivity contribution is -0.150. The second-order valence-corrected chi connectivity index (χ2v) is 8.09. The van der Waals surface area contributed by atoms with E-state index in [1.165, 1.54) is 21.3 Å². The van der Waals surface area contributed by atoms with Crippen molar-refractivity contribution in [2.24, 2.45) is 0 Å². The molecule has 0 aromatic heterocycles. The average Bonchev–Trinajstić information content (AvgIpc) is 3.32. The fourth-order valence-electron chi connectivity index (χ4n) is 4.27. The highest BCUT2D eigenvalue weighted by atomic mass is 16.5. The molecule has 1 fully saturated rings. The number of hydrogen-bond donors (Lipinski definition) is 0. The molecule has 1 aliphatic carbocycles. The monoisotopic (exact) mass is 455 g/mol. The van der Waals surface area contributed by atoms with E-state index < -0.39 is 6.04 Å². The minimum Gasteiger partial charge on any atom is -0.489 e. The number of aryl methyl sites for hydroxylation is 1. The third kappa shape index (κ3) is 4.99. The predicted molar refractivity (Wildman–Crippen MR) is 119 cm³/mol. The van der Waals surface area contributed by atoms with Crippen LogP contribution in [0.4, 0.5) is 0 Å². The third-order valence-corrected chi connectivity index (χ3v) is 6.17. The van der Waals surface area contributed by atoms with Crippen LogP contribution in [0.3, 0.4) is 0 Å². The molecule has 176 valence electrons. The Balaban J connectivity index is 1.63. The Kier molecular flexibility index (Phi) is 7.68. The van der Waals surface area contributed by atoms with Gasteiger partial charge in [-0.15, -0.1) is 0 Å². The molecule has 0 N–H and O–H groups in total. The van der Waals surface area contributed by atoms with Crippen molar-refractivity contribution in [3.63, 3.8) is 0 Å². The van der Waals surface area contributed by atoms with Crippen molar-refractivity contribution >= 4 is 23.4 Å². The third-order valence-electron chi connectivity index (χ3n) is 6.17. The molecule has 2 aliphatic rings. The molecule has 33 heavy (non-hydrogen) atoms. The van der Waals surface area contributed by atoms with Crippen molar-refractivity contribution in [3.05, 3.63) is 58.1 Å². The number of Topliss-reactive ketones (excluding diaryl/α,β-unsaturated/α-hetero) is 2. The number of carbonyl (C=O) groups excluding carboxylic acids is 4. The van der Waals surface area contributed by atoms with Gasteiger partial charge in [-0.05, 0) is 37.3 Å². The Morgan fingerprint density at radius 3 is 2.18 bits per heavy atom. The summed E-state index contributed by atoms with van der Waals surface area (Å²) in [6, 6.07) is 7.09. The minimum atomic E-state index is -0.484. The van der Waals surface area contributed by atoms with Gasteiger partial charge in [0.05, 0.1) is 21.3 Å². The smallest absolute Gasteiger partial charge is 0.328 e. The maximum Gasteiger partial charge on any atom is 0.328 e. The van der Waals surface area contributed by atoms with Crippen LogP contribution in [-0.4, -0.2) is 62.3 Å². The Labute approximate surface area is 193 Å². The molecule has 0 spiro atoms. The maximum absolute atomic E-state index is 12.8. The van der Waals surface area contributed by atoms with Gasteiger partial charge < -0.3 is 19.1 Å². The van der Waals surface area contributed by atoms with Crippen LogP contribution in [0.15, 0.2) is 46.9 Å². The van der Waals surface area contributed by atoms with Crippen molar-refractivity contribution in [1.82, 2.24) is 4.90 Å². The first-order chi connectivity index (χ1) is 15.8. The van der Waals surface area contributed by atoms with Crippen LogP contribution in [0.5, 0.6) is 0 Å². The molecule has 0 bridgehead atoms. The number of nitrogens with zero attached hydrogens (tertiary/aromatic N) is 1. The normalized spacial score (nSPS) is 18.7. The molecule has 0 saturated carbocycles. The van der Waals surface area contributed by atoms with Crippen LogP contribution in [0.2, 0.25) is 0 Å². The van der Waals surface area contributed by atoms with Crippen molar-refractivity contribution in [3.8, 4) is 0 Å². The van der Waals surface area contributed by atoms with Gasteiger partial charge in [-0.2, -0.15) is 0 Å². The number of allylic oxidation sites excluding steroid dienone is 2. The zero-order chi connectivity index (χ0) is 24.1. The lowest BCUT2D eigenvalue weighted by Gasteiger charge is -2.22. The zero-order valence-electron chi connectivity index (χ0n) is 19.4. The lowest BCUT2D eigenvalue weighted by Crippen LogP contribution is -2.41. The summed E-state index contributed by atoms with van der Waals surface area (Å²) >= 11 is 0. The van der Waals surface area contributed by atoms with E-state index in [1.54, 1.807) is 11.8 Å². The van der Waals surface area contributed by atoms with Crippen LogP contribution in [0.25, 0.3) is 0 Å². The molecule has 3 rings (SSSR count). The Bertz CT molecular complexity index is 1020. The molecule has 8 nitrogen and oxygen atoms in total. The molecule has 0 radical (unpaired) electrons. The molecule has 1 saturated heterocycles. The zero-order valence-corrected chi connectivity index (χ0v) is 19.4. The molecule has 1 aromatic carbocycles. The number of rotatable bonds is 8. The van der Waals surface area contributed by atoms with Crippen LogP contribution in [-0.2, 0) is 46.2 Å². The van der Waals surface area contributed by atoms with Crippen LogP contribution < -0.4 is 0 Å². The predicted octanol–water partition coefficient (Wildman–Crippen LogP) is 2.30. The molecule has 1 aliphatic heterocycles. The van der Waals surface area contributed by atoms with Crippen molar-refractivity contribution in [1.29, 1.82) is 0 Å². The second kappa shape index (κ2) is 10.5. The second-order valence-electron chi connectivity index (χ2n) is 8.09. The highest BCUT2D eigenvalue weighted by molar-refractivity contribution is 6.23. The van der Waals surface area contributed by atoms with Gasteiger partial charge in [-0.3, -0.25) is 14.4 Å². The number of likely N-dealkylation sites (tertiary alicyclic amines) is 1. The van der Waals surface area contributed by atoms with Crippen molar-refractivity contribution in [2.45, 2.75) is 45.1 Å². The first-order valence-electron chi connectivity index (χ1n) is 10.9. The van der Waals surface area contributed by atoms with Gasteiger partial charge >= 0.3 is 5.97 Å². The maximum atomic E-state index is 12.8. The van der Waals surface area contributed by atoms with Crippen LogP contribution in [0.1, 0.15) is 37.3 Å². The minimum absolute atomic E-state index is 0.0631. The molecule has 1 heterocycles. The van der Waals surface area contributed by atoms with E-state index >= 15 is 0 Å². The summed E-state index contributed by atoms with van der Waals surface area (Å²) in [4.78, 5) is 51.4. The lowest BCUT2D eigenvalue weighted by atomic mass is 9.88. The first-order valence-corrected chi connectivity index (χ1v) is 10.9. The number of hydrogen-bond acceptors (Lipinski definition) is 7. The number of carbonyl (C=O) groups is 4. The summed E-state index contributed by atoms with van der Waals surface area (Å²) in [5.74, 6) is -1.29. The van der Waals surface area contributed by atoms with Gasteiger partial charge in [0.1, 0.15) is 6.04 Å². The van der Waals surface area contributed by atoms with Crippen molar-refractivity contribution in [2.75, 3.05) is 27.9 Å². The van der Waals surface area contributed by atoms with Gasteiger partial charge in [0.2, 0.25) is 29.0 Å². The summed E-state index contributed by atoms with van der Waals surface area (Å²) in [5.41, 5.74) is 2.56. The molecule has 1 atom stereocenters. The quantitative estimate of drug-likeness (QED) is 0.438.